The molecule has 0 bridgehead atoms. The Morgan fingerprint density at radius 1 is 1.12 bits per heavy atom. The molecule has 1 atom stereocenters. The summed E-state index contributed by atoms with van der Waals surface area (Å²) in [7, 11) is -1.13. The van der Waals surface area contributed by atoms with Crippen molar-refractivity contribution in [1.29, 1.82) is 0 Å². The van der Waals surface area contributed by atoms with Crippen LogP contribution in [0.2, 0.25) is 0 Å². The predicted molar refractivity (Wildman–Crippen MR) is 96.9 cm³/mol. The maximum atomic E-state index is 11.5. The van der Waals surface area contributed by atoms with Gasteiger partial charge in [0.25, 0.3) is 0 Å². The summed E-state index contributed by atoms with van der Waals surface area (Å²) in [5.41, 5.74) is 3.36. The van der Waals surface area contributed by atoms with Crippen molar-refractivity contribution in [3.05, 3.63) is 54.1 Å². The highest BCUT2D eigenvalue weighted by atomic mass is 32.2. The van der Waals surface area contributed by atoms with Crippen molar-refractivity contribution in [2.75, 3.05) is 25.2 Å². The van der Waals surface area contributed by atoms with Crippen LogP contribution in [0.25, 0.3) is 11.1 Å². The molecule has 1 aliphatic rings. The summed E-state index contributed by atoms with van der Waals surface area (Å²) in [6.45, 7) is 1.40. The van der Waals surface area contributed by atoms with E-state index in [4.69, 9.17) is 4.74 Å². The lowest BCUT2D eigenvalue weighted by atomic mass is 10.0. The molecular weight excluding hydrogens is 322 g/mol. The first-order valence-corrected chi connectivity index (χ1v) is 10.0. The van der Waals surface area contributed by atoms with E-state index in [2.05, 4.69) is 29.6 Å². The smallest absolute Gasteiger partial charge is 0.150 e. The summed E-state index contributed by atoms with van der Waals surface area (Å²) in [5.74, 6) is 1.71. The van der Waals surface area contributed by atoms with E-state index in [1.54, 1.807) is 7.11 Å². The first-order valence-electron chi connectivity index (χ1n) is 8.21. The van der Waals surface area contributed by atoms with E-state index in [0.717, 1.165) is 35.4 Å². The van der Waals surface area contributed by atoms with Crippen LogP contribution in [0.4, 0.5) is 0 Å². The molecule has 24 heavy (non-hydrogen) atoms. The number of ether oxygens (including phenoxy) is 1. The van der Waals surface area contributed by atoms with E-state index in [1.165, 1.54) is 0 Å². The van der Waals surface area contributed by atoms with Crippen LogP contribution in [0.5, 0.6) is 5.75 Å². The quantitative estimate of drug-likeness (QED) is 0.875. The third kappa shape index (κ3) is 4.16. The van der Waals surface area contributed by atoms with Crippen LogP contribution in [-0.4, -0.2) is 33.6 Å². The van der Waals surface area contributed by atoms with Gasteiger partial charge in [0.15, 0.2) is 9.84 Å². The molecular formula is C19H23NO3S. The first-order chi connectivity index (χ1) is 11.6. The lowest BCUT2D eigenvalue weighted by Crippen LogP contribution is -2.23. The van der Waals surface area contributed by atoms with Crippen LogP contribution < -0.4 is 10.1 Å². The molecule has 2 aromatic carbocycles. The minimum Gasteiger partial charge on any atom is -0.496 e. The lowest BCUT2D eigenvalue weighted by molar-refractivity contribution is 0.406. The van der Waals surface area contributed by atoms with Crippen LogP contribution in [-0.2, 0) is 16.4 Å². The zero-order chi connectivity index (χ0) is 17.0. The van der Waals surface area contributed by atoms with Gasteiger partial charge in [-0.05, 0) is 36.1 Å². The third-order valence-corrected chi connectivity index (χ3v) is 6.31. The fraction of sp³-hybridized carbons (Fsp3) is 0.368. The van der Waals surface area contributed by atoms with Crippen LogP contribution >= 0.6 is 0 Å². The number of methoxy groups -OCH3 is 1. The van der Waals surface area contributed by atoms with E-state index in [0.29, 0.717) is 18.1 Å². The lowest BCUT2D eigenvalue weighted by Gasteiger charge is -2.13. The summed E-state index contributed by atoms with van der Waals surface area (Å²) >= 11 is 0. The van der Waals surface area contributed by atoms with E-state index in [1.807, 2.05) is 24.3 Å². The molecule has 1 N–H and O–H groups in total. The first kappa shape index (κ1) is 17.0. The Morgan fingerprint density at radius 3 is 2.58 bits per heavy atom. The molecule has 0 spiro atoms. The second-order valence-corrected chi connectivity index (χ2v) is 8.52. The van der Waals surface area contributed by atoms with Crippen molar-refractivity contribution < 1.29 is 13.2 Å². The number of benzene rings is 2. The molecule has 2 aromatic rings. The van der Waals surface area contributed by atoms with Crippen molar-refractivity contribution in [1.82, 2.24) is 5.32 Å². The molecule has 0 saturated carbocycles. The molecule has 5 heteroatoms. The molecule has 0 unspecified atom stereocenters. The maximum absolute atomic E-state index is 11.5. The molecule has 3 rings (SSSR count). The van der Waals surface area contributed by atoms with E-state index in [-0.39, 0.29) is 5.92 Å². The van der Waals surface area contributed by atoms with Crippen molar-refractivity contribution in [3.63, 3.8) is 0 Å². The molecule has 0 aliphatic carbocycles. The molecule has 1 heterocycles. The van der Waals surface area contributed by atoms with E-state index >= 15 is 0 Å². The highest BCUT2D eigenvalue weighted by Gasteiger charge is 2.27. The van der Waals surface area contributed by atoms with Gasteiger partial charge in [-0.25, -0.2) is 8.42 Å². The van der Waals surface area contributed by atoms with E-state index < -0.39 is 9.84 Å². The SMILES string of the molecule is COc1cc(-c2ccccc2)ccc1CNC[C@@H]1CCS(=O)(=O)C1. The van der Waals surface area contributed by atoms with Crippen molar-refractivity contribution in [3.8, 4) is 16.9 Å². The highest BCUT2D eigenvalue weighted by molar-refractivity contribution is 7.91. The van der Waals surface area contributed by atoms with Gasteiger partial charge in [0.1, 0.15) is 5.75 Å². The number of sulfone groups is 1. The van der Waals surface area contributed by atoms with Gasteiger partial charge in [-0.3, -0.25) is 0 Å². The fourth-order valence-electron chi connectivity index (χ4n) is 3.14. The Kier molecular flexibility index (Phi) is 5.21. The molecule has 0 radical (unpaired) electrons. The van der Waals surface area contributed by atoms with Gasteiger partial charge in [-0.1, -0.05) is 42.5 Å². The third-order valence-electron chi connectivity index (χ3n) is 4.47. The van der Waals surface area contributed by atoms with Gasteiger partial charge in [-0.2, -0.15) is 0 Å². The monoisotopic (exact) mass is 345 g/mol. The summed E-state index contributed by atoms with van der Waals surface area (Å²) in [5, 5.41) is 3.37. The summed E-state index contributed by atoms with van der Waals surface area (Å²) < 4.78 is 28.5. The van der Waals surface area contributed by atoms with Gasteiger partial charge in [0.05, 0.1) is 18.6 Å². The number of rotatable bonds is 6. The summed E-state index contributed by atoms with van der Waals surface area (Å²) in [4.78, 5) is 0. The Hall–Kier alpha value is -1.85. The molecule has 128 valence electrons. The Balaban J connectivity index is 1.63. The number of hydrogen-bond donors (Lipinski definition) is 1. The van der Waals surface area contributed by atoms with Crippen molar-refractivity contribution in [2.24, 2.45) is 5.92 Å². The van der Waals surface area contributed by atoms with Gasteiger partial charge in [0, 0.05) is 12.1 Å². The fourth-order valence-corrected chi connectivity index (χ4v) is 5.01. The van der Waals surface area contributed by atoms with Gasteiger partial charge < -0.3 is 10.1 Å². The van der Waals surface area contributed by atoms with Crippen LogP contribution in [0.15, 0.2) is 48.5 Å². The van der Waals surface area contributed by atoms with Crippen LogP contribution in [0.1, 0.15) is 12.0 Å². The van der Waals surface area contributed by atoms with Gasteiger partial charge in [-0.15, -0.1) is 0 Å². The minimum absolute atomic E-state index is 0.226. The maximum Gasteiger partial charge on any atom is 0.150 e. The summed E-state index contributed by atoms with van der Waals surface area (Å²) in [6, 6.07) is 16.4. The average Bonchev–Trinajstić information content (AvgIpc) is 2.95. The van der Waals surface area contributed by atoms with Crippen molar-refractivity contribution >= 4 is 9.84 Å². The number of nitrogens with one attached hydrogen (secondary N) is 1. The Labute approximate surface area is 143 Å². The molecule has 1 aliphatic heterocycles. The van der Waals surface area contributed by atoms with Crippen LogP contribution in [0.3, 0.4) is 0 Å². The molecule has 0 aromatic heterocycles. The topological polar surface area (TPSA) is 55.4 Å². The van der Waals surface area contributed by atoms with Crippen molar-refractivity contribution in [2.45, 2.75) is 13.0 Å². The Bertz CT molecular complexity index is 788. The normalized spacial score (nSPS) is 19.3. The molecule has 1 saturated heterocycles. The van der Waals surface area contributed by atoms with Gasteiger partial charge in [0.2, 0.25) is 0 Å². The predicted octanol–water partition coefficient (Wildman–Crippen LogP) is 2.89. The largest absolute Gasteiger partial charge is 0.496 e. The standard InChI is InChI=1S/C19H23NO3S/c1-23-19-11-17(16-5-3-2-4-6-16)7-8-18(19)13-20-12-15-9-10-24(21,22)14-15/h2-8,11,15,20H,9-10,12-14H2,1H3/t15-/m0/s1. The molecule has 1 fully saturated rings. The average molecular weight is 345 g/mol. The van der Waals surface area contributed by atoms with E-state index in [9.17, 15) is 8.42 Å². The highest BCUT2D eigenvalue weighted by Crippen LogP contribution is 2.27. The number of hydrogen-bond acceptors (Lipinski definition) is 4. The van der Waals surface area contributed by atoms with Crippen LogP contribution in [0, 0.1) is 5.92 Å². The minimum atomic E-state index is -2.80. The Morgan fingerprint density at radius 2 is 1.92 bits per heavy atom. The summed E-state index contributed by atoms with van der Waals surface area (Å²) in [6.07, 6.45) is 0.763. The zero-order valence-electron chi connectivity index (χ0n) is 13.9. The second-order valence-electron chi connectivity index (χ2n) is 6.29. The molecule has 4 nitrogen and oxygen atoms in total. The van der Waals surface area contributed by atoms with Gasteiger partial charge >= 0.3 is 0 Å². The molecule has 0 amide bonds. The zero-order valence-corrected chi connectivity index (χ0v) is 14.7. The second kappa shape index (κ2) is 7.36.